The second kappa shape index (κ2) is 14.0. The molecule has 0 radical (unpaired) electrons. The van der Waals surface area contributed by atoms with Crippen LogP contribution in [-0.4, -0.2) is 75.2 Å². The van der Waals surface area contributed by atoms with Gasteiger partial charge in [-0.3, -0.25) is 19.2 Å². The third kappa shape index (κ3) is 9.88. The molecular formula is C23H35N5O8. The van der Waals surface area contributed by atoms with Gasteiger partial charge < -0.3 is 42.7 Å². The number of nitrogens with one attached hydrogen (secondary N) is 3. The molecule has 13 nitrogen and oxygen atoms in total. The first-order chi connectivity index (χ1) is 16.7. The molecule has 0 heterocycles. The van der Waals surface area contributed by atoms with Gasteiger partial charge in [-0.05, 0) is 37.0 Å². The molecule has 0 aromatic heterocycles. The summed E-state index contributed by atoms with van der Waals surface area (Å²) in [5.74, 6) is -4.94. The number of phenols is 1. The molecule has 0 aliphatic heterocycles. The van der Waals surface area contributed by atoms with E-state index in [0.717, 1.165) is 0 Å². The average Bonchev–Trinajstić information content (AvgIpc) is 2.79. The van der Waals surface area contributed by atoms with E-state index in [1.165, 1.54) is 31.2 Å². The van der Waals surface area contributed by atoms with Crippen LogP contribution in [0.3, 0.4) is 0 Å². The summed E-state index contributed by atoms with van der Waals surface area (Å²) in [4.78, 5) is 61.1. The van der Waals surface area contributed by atoms with Gasteiger partial charge in [0.25, 0.3) is 0 Å². The fraction of sp³-hybridized carbons (Fsp3) is 0.522. The summed E-state index contributed by atoms with van der Waals surface area (Å²) in [7, 11) is 0. The number of carboxylic acid groups (broad SMARTS) is 1. The first-order valence-electron chi connectivity index (χ1n) is 11.4. The van der Waals surface area contributed by atoms with Crippen LogP contribution in [0.2, 0.25) is 0 Å². The maximum atomic E-state index is 12.9. The summed E-state index contributed by atoms with van der Waals surface area (Å²) in [6.45, 7) is 4.54. The van der Waals surface area contributed by atoms with Crippen LogP contribution in [-0.2, 0) is 30.4 Å². The van der Waals surface area contributed by atoms with E-state index in [1.54, 1.807) is 13.8 Å². The Morgan fingerprint density at radius 3 is 1.92 bits per heavy atom. The van der Waals surface area contributed by atoms with E-state index >= 15 is 0 Å². The van der Waals surface area contributed by atoms with E-state index < -0.39 is 65.8 Å². The van der Waals surface area contributed by atoms with Gasteiger partial charge in [0.15, 0.2) is 0 Å². The molecule has 0 aliphatic carbocycles. The molecule has 200 valence electrons. The summed E-state index contributed by atoms with van der Waals surface area (Å²) < 4.78 is 0. The number of hydrogen-bond acceptors (Lipinski definition) is 8. The maximum absolute atomic E-state index is 12.9. The van der Waals surface area contributed by atoms with Crippen LogP contribution < -0.4 is 27.4 Å². The second-order valence-electron chi connectivity index (χ2n) is 8.83. The van der Waals surface area contributed by atoms with Crippen LogP contribution in [0.15, 0.2) is 24.3 Å². The van der Waals surface area contributed by atoms with Crippen molar-refractivity contribution in [2.24, 2.45) is 17.4 Å². The lowest BCUT2D eigenvalue weighted by Gasteiger charge is -2.27. The molecule has 0 saturated heterocycles. The number of carboxylic acids is 1. The van der Waals surface area contributed by atoms with Crippen LogP contribution in [0.25, 0.3) is 0 Å². The van der Waals surface area contributed by atoms with E-state index in [2.05, 4.69) is 16.0 Å². The minimum Gasteiger partial charge on any atom is -0.508 e. The number of aliphatic carboxylic acids is 1. The molecule has 13 heteroatoms. The minimum absolute atomic E-state index is 0.00429. The molecular weight excluding hydrogens is 474 g/mol. The average molecular weight is 510 g/mol. The second-order valence-corrected chi connectivity index (χ2v) is 8.83. The van der Waals surface area contributed by atoms with Gasteiger partial charge in [0.1, 0.15) is 29.9 Å². The standard InChI is InChI=1S/C23H35N5O8/c1-11(2)19(22(34)27-16(23(35)36)10-13-4-6-14(30)7-5-13)28-20(32)15(8-9-17(24)31)26-21(33)18(25)12(3)29/h4-7,11-12,15-16,18-19,29-30H,8-10,25H2,1-3H3,(H2,24,31)(H,26,33)(H,27,34)(H,28,32)(H,35,36)/t12-,15+,16+,18+,19+/m1/s1. The monoisotopic (exact) mass is 509 g/mol. The number of amides is 4. The van der Waals surface area contributed by atoms with Gasteiger partial charge in [-0.2, -0.15) is 0 Å². The molecule has 36 heavy (non-hydrogen) atoms. The normalized spacial score (nSPS) is 15.2. The van der Waals surface area contributed by atoms with Crippen molar-refractivity contribution >= 4 is 29.6 Å². The third-order valence-electron chi connectivity index (χ3n) is 5.37. The van der Waals surface area contributed by atoms with Crippen LogP contribution in [0.1, 0.15) is 39.2 Å². The summed E-state index contributed by atoms with van der Waals surface area (Å²) >= 11 is 0. The predicted molar refractivity (Wildman–Crippen MR) is 128 cm³/mol. The quantitative estimate of drug-likeness (QED) is 0.140. The summed E-state index contributed by atoms with van der Waals surface area (Å²) in [6, 6.07) is 0.665. The van der Waals surface area contributed by atoms with Gasteiger partial charge >= 0.3 is 5.97 Å². The van der Waals surface area contributed by atoms with Gasteiger partial charge in [-0.25, -0.2) is 4.79 Å². The Bertz CT molecular complexity index is 935. The Kier molecular flexibility index (Phi) is 11.8. The summed E-state index contributed by atoms with van der Waals surface area (Å²) in [6.07, 6.45) is -1.73. The number of aliphatic hydroxyl groups excluding tert-OH is 1. The number of phenolic OH excluding ortho intramolecular Hbond substituents is 1. The van der Waals surface area contributed by atoms with Gasteiger partial charge in [0.05, 0.1) is 6.10 Å². The van der Waals surface area contributed by atoms with Crippen LogP contribution in [0.5, 0.6) is 5.75 Å². The van der Waals surface area contributed by atoms with E-state index in [1.807, 2.05) is 0 Å². The predicted octanol–water partition coefficient (Wildman–Crippen LogP) is -1.90. The van der Waals surface area contributed by atoms with Crippen molar-refractivity contribution in [1.82, 2.24) is 16.0 Å². The fourth-order valence-corrected chi connectivity index (χ4v) is 3.16. The van der Waals surface area contributed by atoms with E-state index in [0.29, 0.717) is 5.56 Å². The maximum Gasteiger partial charge on any atom is 0.326 e. The van der Waals surface area contributed by atoms with Crippen molar-refractivity contribution in [2.45, 2.75) is 70.3 Å². The molecule has 5 atom stereocenters. The van der Waals surface area contributed by atoms with Crippen LogP contribution in [0, 0.1) is 5.92 Å². The van der Waals surface area contributed by atoms with E-state index in [-0.39, 0.29) is 25.0 Å². The number of primary amides is 1. The van der Waals surface area contributed by atoms with Crippen LogP contribution >= 0.6 is 0 Å². The highest BCUT2D eigenvalue weighted by molar-refractivity contribution is 5.94. The van der Waals surface area contributed by atoms with Gasteiger partial charge in [0, 0.05) is 12.8 Å². The van der Waals surface area contributed by atoms with E-state index in [9.17, 15) is 39.3 Å². The molecule has 0 fully saturated rings. The number of aliphatic hydroxyl groups is 1. The lowest BCUT2D eigenvalue weighted by atomic mass is 10.00. The molecule has 0 aliphatic rings. The molecule has 0 saturated carbocycles. The topological polar surface area (TPSA) is 234 Å². The zero-order valence-corrected chi connectivity index (χ0v) is 20.4. The van der Waals surface area contributed by atoms with Crippen molar-refractivity contribution in [3.63, 3.8) is 0 Å². The largest absolute Gasteiger partial charge is 0.508 e. The van der Waals surface area contributed by atoms with Crippen molar-refractivity contribution in [1.29, 1.82) is 0 Å². The number of nitrogens with two attached hydrogens (primary N) is 2. The Balaban J connectivity index is 3.00. The first kappa shape index (κ1) is 30.3. The van der Waals surface area contributed by atoms with Crippen molar-refractivity contribution in [3.8, 4) is 5.75 Å². The molecule has 1 aromatic rings. The van der Waals surface area contributed by atoms with Crippen molar-refractivity contribution < 1.29 is 39.3 Å². The first-order valence-corrected chi connectivity index (χ1v) is 11.4. The fourth-order valence-electron chi connectivity index (χ4n) is 3.16. The number of benzene rings is 1. The Morgan fingerprint density at radius 1 is 0.889 bits per heavy atom. The van der Waals surface area contributed by atoms with E-state index in [4.69, 9.17) is 11.5 Å². The number of hydrogen-bond donors (Lipinski definition) is 8. The summed E-state index contributed by atoms with van der Waals surface area (Å²) in [5, 5.41) is 35.7. The van der Waals surface area contributed by atoms with Crippen molar-refractivity contribution in [3.05, 3.63) is 29.8 Å². The zero-order chi connectivity index (χ0) is 27.6. The Morgan fingerprint density at radius 2 is 1.44 bits per heavy atom. The molecule has 0 unspecified atom stereocenters. The lowest BCUT2D eigenvalue weighted by Crippen LogP contribution is -2.59. The van der Waals surface area contributed by atoms with Crippen molar-refractivity contribution in [2.75, 3.05) is 0 Å². The van der Waals surface area contributed by atoms with Gasteiger partial charge in [0.2, 0.25) is 23.6 Å². The zero-order valence-electron chi connectivity index (χ0n) is 20.4. The molecule has 4 amide bonds. The number of rotatable bonds is 14. The van der Waals surface area contributed by atoms with Crippen LogP contribution in [0.4, 0.5) is 0 Å². The molecule has 1 aromatic carbocycles. The highest BCUT2D eigenvalue weighted by Crippen LogP contribution is 2.12. The highest BCUT2D eigenvalue weighted by atomic mass is 16.4. The van der Waals surface area contributed by atoms with Gasteiger partial charge in [-0.1, -0.05) is 26.0 Å². The smallest absolute Gasteiger partial charge is 0.326 e. The Labute approximate surface area is 208 Å². The molecule has 0 spiro atoms. The number of carbonyl (C=O) groups is 5. The Hall–Kier alpha value is -3.71. The molecule has 10 N–H and O–H groups in total. The van der Waals surface area contributed by atoms with Gasteiger partial charge in [-0.15, -0.1) is 0 Å². The number of aromatic hydroxyl groups is 1. The molecule has 1 rings (SSSR count). The molecule has 0 bridgehead atoms. The third-order valence-corrected chi connectivity index (χ3v) is 5.37. The number of carbonyl (C=O) groups excluding carboxylic acids is 4. The lowest BCUT2D eigenvalue weighted by molar-refractivity contribution is -0.142. The SMILES string of the molecule is CC(C)[C@H](NC(=O)[C@H](CCC(N)=O)NC(=O)[C@@H](N)[C@@H](C)O)C(=O)N[C@@H](Cc1ccc(O)cc1)C(=O)O. The summed E-state index contributed by atoms with van der Waals surface area (Å²) in [5.41, 5.74) is 11.3. The highest BCUT2D eigenvalue weighted by Gasteiger charge is 2.32. The minimum atomic E-state index is -1.34.